The molecule has 18 heavy (non-hydrogen) atoms. The van der Waals surface area contributed by atoms with Gasteiger partial charge in [-0.3, -0.25) is 4.68 Å². The molecule has 1 heterocycles. The average molecular weight is 252 g/mol. The molecule has 1 aromatic rings. The molecule has 4 nitrogen and oxygen atoms in total. The van der Waals surface area contributed by atoms with Crippen LogP contribution in [0.25, 0.3) is 0 Å². The first kappa shape index (κ1) is 15.0. The Kier molecular flexibility index (Phi) is 4.79. The number of nitrogens with one attached hydrogen (secondary N) is 2. The van der Waals surface area contributed by atoms with Gasteiger partial charge in [-0.1, -0.05) is 0 Å². The number of aryl methyl sites for hydroxylation is 1. The highest BCUT2D eigenvalue weighted by atomic mass is 15.3. The highest BCUT2D eigenvalue weighted by Gasteiger charge is 2.13. The fraction of sp³-hybridized carbons (Fsp3) is 0.786. The Bertz CT molecular complexity index is 385. The lowest BCUT2D eigenvalue weighted by Gasteiger charge is -2.20. The number of rotatable bonds is 5. The second kappa shape index (κ2) is 5.74. The summed E-state index contributed by atoms with van der Waals surface area (Å²) < 4.78 is 2.08. The second-order valence-corrected chi connectivity index (χ2v) is 6.19. The Hall–Kier alpha value is -1.03. The van der Waals surface area contributed by atoms with Gasteiger partial charge in [0.05, 0.1) is 17.1 Å². The average Bonchev–Trinajstić information content (AvgIpc) is 2.49. The van der Waals surface area contributed by atoms with E-state index in [1.165, 1.54) is 11.4 Å². The Morgan fingerprint density at radius 1 is 1.17 bits per heavy atom. The molecule has 1 rings (SSSR count). The van der Waals surface area contributed by atoms with Crippen LogP contribution >= 0.6 is 0 Å². The number of hydrogen-bond acceptors (Lipinski definition) is 3. The van der Waals surface area contributed by atoms with Crippen molar-refractivity contribution >= 4 is 5.69 Å². The van der Waals surface area contributed by atoms with E-state index >= 15 is 0 Å². The predicted molar refractivity (Wildman–Crippen MR) is 78.3 cm³/mol. The molecular weight excluding hydrogens is 224 g/mol. The fourth-order valence-corrected chi connectivity index (χ4v) is 2.05. The Morgan fingerprint density at radius 2 is 1.78 bits per heavy atom. The van der Waals surface area contributed by atoms with E-state index in [4.69, 9.17) is 0 Å². The van der Waals surface area contributed by atoms with Crippen molar-refractivity contribution in [1.29, 1.82) is 0 Å². The Morgan fingerprint density at radius 3 is 2.22 bits per heavy atom. The molecule has 0 aromatic carbocycles. The lowest BCUT2D eigenvalue weighted by Crippen LogP contribution is -2.38. The zero-order valence-electron chi connectivity index (χ0n) is 12.9. The van der Waals surface area contributed by atoms with E-state index in [-0.39, 0.29) is 5.54 Å². The van der Waals surface area contributed by atoms with E-state index in [1.807, 2.05) is 0 Å². The first-order valence-electron chi connectivity index (χ1n) is 6.77. The SMILES string of the molecule is Cc1nn(C(C)C)c(C)c1NCCNC(C)(C)C. The van der Waals surface area contributed by atoms with E-state index in [9.17, 15) is 0 Å². The Balaban J connectivity index is 2.58. The summed E-state index contributed by atoms with van der Waals surface area (Å²) in [5.74, 6) is 0. The van der Waals surface area contributed by atoms with Crippen molar-refractivity contribution in [2.75, 3.05) is 18.4 Å². The van der Waals surface area contributed by atoms with Crippen LogP contribution in [0.1, 0.15) is 52.0 Å². The van der Waals surface area contributed by atoms with Gasteiger partial charge in [0.15, 0.2) is 0 Å². The van der Waals surface area contributed by atoms with Crippen molar-refractivity contribution in [3.8, 4) is 0 Å². The van der Waals surface area contributed by atoms with E-state index in [0.717, 1.165) is 18.8 Å². The first-order chi connectivity index (χ1) is 8.22. The monoisotopic (exact) mass is 252 g/mol. The van der Waals surface area contributed by atoms with Gasteiger partial charge in [0.2, 0.25) is 0 Å². The largest absolute Gasteiger partial charge is 0.381 e. The minimum Gasteiger partial charge on any atom is -0.381 e. The lowest BCUT2D eigenvalue weighted by molar-refractivity contribution is 0.435. The molecule has 0 aliphatic heterocycles. The molecule has 0 saturated carbocycles. The van der Waals surface area contributed by atoms with Crippen LogP contribution in [-0.2, 0) is 0 Å². The normalized spacial score (nSPS) is 12.2. The summed E-state index contributed by atoms with van der Waals surface area (Å²) in [6.07, 6.45) is 0. The van der Waals surface area contributed by atoms with Crippen LogP contribution in [0, 0.1) is 13.8 Å². The van der Waals surface area contributed by atoms with E-state index < -0.39 is 0 Å². The van der Waals surface area contributed by atoms with Crippen molar-refractivity contribution in [2.45, 2.75) is 60.0 Å². The third-order valence-corrected chi connectivity index (χ3v) is 2.90. The maximum absolute atomic E-state index is 4.57. The van der Waals surface area contributed by atoms with E-state index in [0.29, 0.717) is 6.04 Å². The van der Waals surface area contributed by atoms with Crippen LogP contribution in [0.4, 0.5) is 5.69 Å². The minimum absolute atomic E-state index is 0.174. The van der Waals surface area contributed by atoms with Crippen molar-refractivity contribution in [1.82, 2.24) is 15.1 Å². The third kappa shape index (κ3) is 4.02. The summed E-state index contributed by atoms with van der Waals surface area (Å²) in [4.78, 5) is 0. The van der Waals surface area contributed by atoms with E-state index in [2.05, 4.69) is 68.9 Å². The molecule has 4 heteroatoms. The molecule has 2 N–H and O–H groups in total. The van der Waals surface area contributed by atoms with Crippen molar-refractivity contribution in [3.05, 3.63) is 11.4 Å². The topological polar surface area (TPSA) is 41.9 Å². The maximum atomic E-state index is 4.57. The van der Waals surface area contributed by atoms with Gasteiger partial charge in [-0.25, -0.2) is 0 Å². The number of anilines is 1. The summed E-state index contributed by atoms with van der Waals surface area (Å²) in [5, 5.41) is 11.5. The third-order valence-electron chi connectivity index (χ3n) is 2.90. The number of hydrogen-bond donors (Lipinski definition) is 2. The van der Waals surface area contributed by atoms with Gasteiger partial charge < -0.3 is 10.6 Å². The highest BCUT2D eigenvalue weighted by molar-refractivity contribution is 5.52. The van der Waals surface area contributed by atoms with Gasteiger partial charge in [-0.15, -0.1) is 0 Å². The fourth-order valence-electron chi connectivity index (χ4n) is 2.05. The van der Waals surface area contributed by atoms with Crippen molar-refractivity contribution in [2.24, 2.45) is 0 Å². The zero-order valence-corrected chi connectivity index (χ0v) is 12.9. The van der Waals surface area contributed by atoms with Gasteiger partial charge in [0.25, 0.3) is 0 Å². The van der Waals surface area contributed by atoms with Crippen molar-refractivity contribution < 1.29 is 0 Å². The second-order valence-electron chi connectivity index (χ2n) is 6.19. The molecule has 0 aliphatic carbocycles. The zero-order chi connectivity index (χ0) is 13.9. The summed E-state index contributed by atoms with van der Waals surface area (Å²) in [6, 6.07) is 0.409. The summed E-state index contributed by atoms with van der Waals surface area (Å²) >= 11 is 0. The van der Waals surface area contributed by atoms with Gasteiger partial charge in [0.1, 0.15) is 0 Å². The van der Waals surface area contributed by atoms with Crippen LogP contribution in [0.2, 0.25) is 0 Å². The summed E-state index contributed by atoms with van der Waals surface area (Å²) in [5.41, 5.74) is 3.66. The minimum atomic E-state index is 0.174. The molecule has 0 atom stereocenters. The molecule has 0 radical (unpaired) electrons. The standard InChI is InChI=1S/C14H28N4/c1-10(2)18-12(4)13(11(3)17-18)15-8-9-16-14(5,6)7/h10,15-16H,8-9H2,1-7H3. The molecule has 0 amide bonds. The van der Waals surface area contributed by atoms with Gasteiger partial charge in [-0.05, 0) is 48.5 Å². The van der Waals surface area contributed by atoms with Crippen LogP contribution in [0.15, 0.2) is 0 Å². The first-order valence-corrected chi connectivity index (χ1v) is 6.77. The predicted octanol–water partition coefficient (Wildman–Crippen LogP) is 2.88. The summed E-state index contributed by atoms with van der Waals surface area (Å²) in [6.45, 7) is 16.9. The summed E-state index contributed by atoms with van der Waals surface area (Å²) in [7, 11) is 0. The molecule has 0 spiro atoms. The molecule has 1 aromatic heterocycles. The molecule has 0 unspecified atom stereocenters. The van der Waals surface area contributed by atoms with Crippen LogP contribution in [0.3, 0.4) is 0 Å². The maximum Gasteiger partial charge on any atom is 0.0828 e. The number of aromatic nitrogens is 2. The highest BCUT2D eigenvalue weighted by Crippen LogP contribution is 2.21. The van der Waals surface area contributed by atoms with Crippen LogP contribution in [-0.4, -0.2) is 28.4 Å². The van der Waals surface area contributed by atoms with Crippen LogP contribution < -0.4 is 10.6 Å². The molecule has 104 valence electrons. The smallest absolute Gasteiger partial charge is 0.0828 e. The Labute approximate surface area is 111 Å². The van der Waals surface area contributed by atoms with Gasteiger partial charge >= 0.3 is 0 Å². The molecular formula is C14H28N4. The molecule has 0 bridgehead atoms. The molecule has 0 fully saturated rings. The van der Waals surface area contributed by atoms with Gasteiger partial charge in [-0.2, -0.15) is 5.10 Å². The molecule has 0 aliphatic rings. The van der Waals surface area contributed by atoms with Gasteiger partial charge in [0, 0.05) is 24.7 Å². The number of nitrogens with zero attached hydrogens (tertiary/aromatic N) is 2. The van der Waals surface area contributed by atoms with Crippen molar-refractivity contribution in [3.63, 3.8) is 0 Å². The van der Waals surface area contributed by atoms with Crippen LogP contribution in [0.5, 0.6) is 0 Å². The molecule has 0 saturated heterocycles. The quantitative estimate of drug-likeness (QED) is 0.792. The van der Waals surface area contributed by atoms with E-state index in [1.54, 1.807) is 0 Å². The lowest BCUT2D eigenvalue weighted by atomic mass is 10.1.